The summed E-state index contributed by atoms with van der Waals surface area (Å²) in [5.41, 5.74) is 1.36. The second-order valence-corrected chi connectivity index (χ2v) is 12.0. The summed E-state index contributed by atoms with van der Waals surface area (Å²) in [6.45, 7) is 2.25. The van der Waals surface area contributed by atoms with Crippen molar-refractivity contribution in [1.29, 1.82) is 0 Å². The molecule has 1 amide bonds. The molecule has 2 aromatic rings. The quantitative estimate of drug-likeness (QED) is 0.622. The average molecular weight is 489 g/mol. The Kier molecular flexibility index (Phi) is 6.23. The minimum Gasteiger partial charge on any atom is -0.462 e. The molecular formula is C19H21ClN2O5S3. The molecule has 0 aromatic carbocycles. The maximum absolute atomic E-state index is 13.1. The van der Waals surface area contributed by atoms with Crippen LogP contribution in [0, 0.1) is 0 Å². The Labute approximate surface area is 188 Å². The summed E-state index contributed by atoms with van der Waals surface area (Å²) in [7, 11) is -3.82. The van der Waals surface area contributed by atoms with Crippen molar-refractivity contribution in [2.45, 2.75) is 49.3 Å². The van der Waals surface area contributed by atoms with Crippen LogP contribution in [0.25, 0.3) is 0 Å². The molecule has 0 saturated carbocycles. The van der Waals surface area contributed by atoms with Crippen LogP contribution < -0.4 is 5.32 Å². The largest absolute Gasteiger partial charge is 0.462 e. The van der Waals surface area contributed by atoms with E-state index in [2.05, 4.69) is 5.32 Å². The first kappa shape index (κ1) is 21.8. The van der Waals surface area contributed by atoms with E-state index in [0.29, 0.717) is 27.7 Å². The van der Waals surface area contributed by atoms with Gasteiger partial charge in [-0.2, -0.15) is 4.31 Å². The molecule has 162 valence electrons. The number of hydrogen-bond donors (Lipinski definition) is 1. The van der Waals surface area contributed by atoms with Crippen molar-refractivity contribution in [2.75, 3.05) is 18.5 Å². The van der Waals surface area contributed by atoms with Gasteiger partial charge in [-0.3, -0.25) is 4.79 Å². The number of carbonyl (C=O) groups excluding carboxylic acids is 2. The highest BCUT2D eigenvalue weighted by molar-refractivity contribution is 7.91. The van der Waals surface area contributed by atoms with Crippen molar-refractivity contribution in [3.8, 4) is 0 Å². The van der Waals surface area contributed by atoms with E-state index >= 15 is 0 Å². The second-order valence-electron chi connectivity index (χ2n) is 7.10. The molecule has 1 fully saturated rings. The minimum atomic E-state index is -3.82. The topological polar surface area (TPSA) is 92.8 Å². The van der Waals surface area contributed by atoms with E-state index < -0.39 is 27.9 Å². The molecule has 3 heterocycles. The van der Waals surface area contributed by atoms with Gasteiger partial charge in [0.2, 0.25) is 5.91 Å². The lowest BCUT2D eigenvalue weighted by molar-refractivity contribution is -0.119. The smallest absolute Gasteiger partial charge is 0.341 e. The monoisotopic (exact) mass is 488 g/mol. The molecule has 2 aromatic heterocycles. The van der Waals surface area contributed by atoms with E-state index in [0.717, 1.165) is 41.0 Å². The van der Waals surface area contributed by atoms with Crippen LogP contribution in [-0.4, -0.2) is 43.8 Å². The van der Waals surface area contributed by atoms with Gasteiger partial charge in [0.15, 0.2) is 0 Å². The number of rotatable bonds is 6. The lowest BCUT2D eigenvalue weighted by atomic mass is 10.1. The first-order chi connectivity index (χ1) is 14.3. The number of carbonyl (C=O) groups is 2. The number of hydrogen-bond acceptors (Lipinski definition) is 7. The Morgan fingerprint density at radius 3 is 2.77 bits per heavy atom. The van der Waals surface area contributed by atoms with E-state index in [1.807, 2.05) is 0 Å². The Balaban J connectivity index is 1.59. The number of nitrogens with one attached hydrogen (secondary N) is 1. The van der Waals surface area contributed by atoms with Gasteiger partial charge in [0.05, 0.1) is 16.5 Å². The summed E-state index contributed by atoms with van der Waals surface area (Å²) < 4.78 is 33.0. The minimum absolute atomic E-state index is 0.120. The maximum Gasteiger partial charge on any atom is 0.341 e. The third-order valence-corrected chi connectivity index (χ3v) is 10.1. The number of sulfonamides is 1. The molecule has 1 aliphatic heterocycles. The summed E-state index contributed by atoms with van der Waals surface area (Å²) >= 11 is 8.26. The fraction of sp³-hybridized carbons (Fsp3) is 0.474. The lowest BCUT2D eigenvalue weighted by Crippen LogP contribution is -2.42. The standard InChI is InChI=1S/C19H21ClN2O5S3/c1-2-27-19(24)16-11-5-3-7-13(11)28-18(16)21-17(23)12-6-4-10-22(12)30(25,26)15-9-8-14(20)29-15/h8-9,12H,2-7,10H2,1H3,(H,21,23). The number of amides is 1. The number of aryl methyl sites for hydroxylation is 1. The van der Waals surface area contributed by atoms with Gasteiger partial charge in [0.25, 0.3) is 10.0 Å². The van der Waals surface area contributed by atoms with Gasteiger partial charge < -0.3 is 10.1 Å². The summed E-state index contributed by atoms with van der Waals surface area (Å²) in [5, 5.41) is 3.28. The molecule has 2 aliphatic rings. The van der Waals surface area contributed by atoms with Crippen LogP contribution in [-0.2, 0) is 32.4 Å². The number of esters is 1. The van der Waals surface area contributed by atoms with Crippen LogP contribution in [0.3, 0.4) is 0 Å². The Bertz CT molecular complexity index is 1090. The lowest BCUT2D eigenvalue weighted by Gasteiger charge is -2.22. The van der Waals surface area contributed by atoms with E-state index in [1.54, 1.807) is 6.92 Å². The fourth-order valence-electron chi connectivity index (χ4n) is 3.95. The Morgan fingerprint density at radius 2 is 2.07 bits per heavy atom. The number of fused-ring (bicyclic) bond motifs is 1. The molecule has 0 radical (unpaired) electrons. The maximum atomic E-state index is 13.1. The molecule has 11 heteroatoms. The molecule has 1 atom stereocenters. The van der Waals surface area contributed by atoms with Crippen molar-refractivity contribution in [2.24, 2.45) is 0 Å². The third-order valence-electron chi connectivity index (χ3n) is 5.26. The van der Waals surface area contributed by atoms with E-state index in [1.165, 1.54) is 27.8 Å². The molecule has 1 unspecified atom stereocenters. The van der Waals surface area contributed by atoms with Crippen LogP contribution in [0.5, 0.6) is 0 Å². The molecular weight excluding hydrogens is 468 g/mol. The molecule has 4 rings (SSSR count). The number of anilines is 1. The highest BCUT2D eigenvalue weighted by Gasteiger charge is 2.41. The molecule has 1 saturated heterocycles. The van der Waals surface area contributed by atoms with Crippen LogP contribution in [0.2, 0.25) is 4.34 Å². The number of nitrogens with zero attached hydrogens (tertiary/aromatic N) is 1. The van der Waals surface area contributed by atoms with Gasteiger partial charge in [-0.1, -0.05) is 11.6 Å². The molecule has 0 bridgehead atoms. The first-order valence-electron chi connectivity index (χ1n) is 9.72. The zero-order valence-electron chi connectivity index (χ0n) is 16.3. The molecule has 30 heavy (non-hydrogen) atoms. The summed E-state index contributed by atoms with van der Waals surface area (Å²) in [5.74, 6) is -0.875. The highest BCUT2D eigenvalue weighted by Crippen LogP contribution is 2.40. The molecule has 7 nitrogen and oxygen atoms in total. The predicted octanol–water partition coefficient (Wildman–Crippen LogP) is 3.92. The number of thiophene rings is 2. The fourth-order valence-corrected chi connectivity index (χ4v) is 8.50. The van der Waals surface area contributed by atoms with Crippen LogP contribution in [0.1, 0.15) is 47.0 Å². The number of ether oxygens (including phenoxy) is 1. The first-order valence-corrected chi connectivity index (χ1v) is 13.2. The molecule has 1 N–H and O–H groups in total. The van der Waals surface area contributed by atoms with Crippen molar-refractivity contribution in [3.05, 3.63) is 32.5 Å². The zero-order chi connectivity index (χ0) is 21.5. The van der Waals surface area contributed by atoms with E-state index in [9.17, 15) is 18.0 Å². The predicted molar refractivity (Wildman–Crippen MR) is 117 cm³/mol. The van der Waals surface area contributed by atoms with E-state index in [-0.39, 0.29) is 17.4 Å². The van der Waals surface area contributed by atoms with Crippen LogP contribution in [0.15, 0.2) is 16.3 Å². The van der Waals surface area contributed by atoms with Crippen LogP contribution in [0.4, 0.5) is 5.00 Å². The summed E-state index contributed by atoms with van der Waals surface area (Å²) in [6.07, 6.45) is 3.62. The highest BCUT2D eigenvalue weighted by atomic mass is 35.5. The van der Waals surface area contributed by atoms with Gasteiger partial charge in [-0.25, -0.2) is 13.2 Å². The van der Waals surface area contributed by atoms with Gasteiger partial charge in [-0.05, 0) is 56.7 Å². The van der Waals surface area contributed by atoms with Gasteiger partial charge >= 0.3 is 5.97 Å². The van der Waals surface area contributed by atoms with Crippen LogP contribution >= 0.6 is 34.3 Å². The van der Waals surface area contributed by atoms with Crippen molar-refractivity contribution < 1.29 is 22.7 Å². The Morgan fingerprint density at radius 1 is 1.27 bits per heavy atom. The van der Waals surface area contributed by atoms with Gasteiger partial charge in [0, 0.05) is 11.4 Å². The summed E-state index contributed by atoms with van der Waals surface area (Å²) in [6, 6.07) is 2.16. The second kappa shape index (κ2) is 8.58. The SMILES string of the molecule is CCOC(=O)c1c(NC(=O)C2CCCN2S(=O)(=O)c2ccc(Cl)s2)sc2c1CCC2. The normalized spacial score (nSPS) is 19.1. The van der Waals surface area contributed by atoms with Crippen molar-refractivity contribution in [1.82, 2.24) is 4.31 Å². The average Bonchev–Trinajstić information content (AvgIpc) is 3.45. The zero-order valence-corrected chi connectivity index (χ0v) is 19.5. The third kappa shape index (κ3) is 3.91. The van der Waals surface area contributed by atoms with Gasteiger partial charge in [0.1, 0.15) is 15.3 Å². The van der Waals surface area contributed by atoms with Crippen molar-refractivity contribution in [3.63, 3.8) is 0 Å². The summed E-state index contributed by atoms with van der Waals surface area (Å²) in [4.78, 5) is 26.7. The van der Waals surface area contributed by atoms with E-state index in [4.69, 9.17) is 16.3 Å². The van der Waals surface area contributed by atoms with Crippen molar-refractivity contribution >= 4 is 61.2 Å². The molecule has 0 spiro atoms. The Hall–Kier alpha value is -1.46. The number of halogens is 1. The van der Waals surface area contributed by atoms with Gasteiger partial charge in [-0.15, -0.1) is 22.7 Å². The molecule has 1 aliphatic carbocycles.